The molecular formula is C17H27IN4S. The summed E-state index contributed by atoms with van der Waals surface area (Å²) in [5, 5.41) is 8.20. The highest BCUT2D eigenvalue weighted by atomic mass is 127. The monoisotopic (exact) mass is 446 g/mol. The minimum absolute atomic E-state index is 0. The molecule has 3 rings (SSSR count). The number of nitrogens with one attached hydrogen (secondary N) is 2. The number of aryl methyl sites for hydroxylation is 3. The van der Waals surface area contributed by atoms with Gasteiger partial charge in [-0.25, -0.2) is 4.98 Å². The van der Waals surface area contributed by atoms with E-state index in [1.54, 1.807) is 4.88 Å². The normalized spacial score (nSPS) is 17.7. The first-order chi connectivity index (χ1) is 10.8. The Morgan fingerprint density at radius 3 is 2.83 bits per heavy atom. The molecule has 1 heterocycles. The van der Waals surface area contributed by atoms with E-state index in [0.717, 1.165) is 38.2 Å². The molecule has 1 aromatic heterocycles. The minimum atomic E-state index is 0. The van der Waals surface area contributed by atoms with Crippen molar-refractivity contribution in [3.8, 4) is 0 Å². The third-order valence-corrected chi connectivity index (χ3v) is 5.54. The lowest BCUT2D eigenvalue weighted by atomic mass is 10.0. The Morgan fingerprint density at radius 1 is 1.30 bits per heavy atom. The number of guanidine groups is 1. The molecule has 0 saturated carbocycles. The van der Waals surface area contributed by atoms with Crippen molar-refractivity contribution < 1.29 is 0 Å². The van der Waals surface area contributed by atoms with Crippen molar-refractivity contribution in [2.45, 2.75) is 57.4 Å². The first-order valence-corrected chi connectivity index (χ1v) is 9.26. The summed E-state index contributed by atoms with van der Waals surface area (Å²) < 4.78 is 0. The topological polar surface area (TPSA) is 49.3 Å². The summed E-state index contributed by atoms with van der Waals surface area (Å²) >= 11 is 1.93. The number of aromatic nitrogens is 1. The number of nitrogens with zero attached hydrogens (tertiary/aromatic N) is 2. The summed E-state index contributed by atoms with van der Waals surface area (Å²) in [7, 11) is 1.84. The molecule has 0 spiro atoms. The lowest BCUT2D eigenvalue weighted by Crippen LogP contribution is -2.42. The summed E-state index contributed by atoms with van der Waals surface area (Å²) in [6, 6.07) is 0.511. The van der Waals surface area contributed by atoms with Crippen LogP contribution in [0.1, 0.15) is 47.7 Å². The van der Waals surface area contributed by atoms with Crippen LogP contribution in [-0.4, -0.2) is 30.6 Å². The number of hydrogen-bond donors (Lipinski definition) is 2. The molecule has 0 aromatic carbocycles. The maximum atomic E-state index is 4.81. The SMILES string of the molecule is CN=C(NCCCc1nc2c(s1)CCCC2)NC1CC=CC1.I. The van der Waals surface area contributed by atoms with Gasteiger partial charge in [-0.15, -0.1) is 35.3 Å². The van der Waals surface area contributed by atoms with Crippen molar-refractivity contribution >= 4 is 41.3 Å². The summed E-state index contributed by atoms with van der Waals surface area (Å²) in [4.78, 5) is 10.7. The molecule has 2 aliphatic rings. The van der Waals surface area contributed by atoms with Gasteiger partial charge in [0.1, 0.15) is 0 Å². The van der Waals surface area contributed by atoms with Crippen LogP contribution in [0, 0.1) is 0 Å². The zero-order chi connectivity index (χ0) is 15.2. The van der Waals surface area contributed by atoms with Gasteiger partial charge in [-0.2, -0.15) is 0 Å². The second-order valence-electron chi connectivity index (χ2n) is 6.07. The van der Waals surface area contributed by atoms with Gasteiger partial charge in [0.15, 0.2) is 5.96 Å². The van der Waals surface area contributed by atoms with Crippen LogP contribution in [-0.2, 0) is 19.3 Å². The molecular weight excluding hydrogens is 419 g/mol. The van der Waals surface area contributed by atoms with Crippen LogP contribution in [0.25, 0.3) is 0 Å². The van der Waals surface area contributed by atoms with Crippen molar-refractivity contribution in [1.82, 2.24) is 15.6 Å². The largest absolute Gasteiger partial charge is 0.356 e. The van der Waals surface area contributed by atoms with Crippen LogP contribution in [0.3, 0.4) is 0 Å². The highest BCUT2D eigenvalue weighted by Crippen LogP contribution is 2.27. The van der Waals surface area contributed by atoms with Gasteiger partial charge in [0, 0.05) is 30.9 Å². The van der Waals surface area contributed by atoms with E-state index in [1.807, 2.05) is 18.4 Å². The molecule has 0 fully saturated rings. The van der Waals surface area contributed by atoms with Crippen molar-refractivity contribution in [2.24, 2.45) is 4.99 Å². The molecule has 0 saturated heterocycles. The van der Waals surface area contributed by atoms with E-state index >= 15 is 0 Å². The van der Waals surface area contributed by atoms with Crippen LogP contribution < -0.4 is 10.6 Å². The third-order valence-electron chi connectivity index (χ3n) is 4.32. The number of rotatable bonds is 5. The molecule has 128 valence electrons. The Hall–Kier alpha value is -0.630. The first kappa shape index (κ1) is 18.7. The molecule has 4 nitrogen and oxygen atoms in total. The van der Waals surface area contributed by atoms with Gasteiger partial charge in [-0.3, -0.25) is 4.99 Å². The fraction of sp³-hybridized carbons (Fsp3) is 0.647. The predicted molar refractivity (Wildman–Crippen MR) is 109 cm³/mol. The van der Waals surface area contributed by atoms with Crippen molar-refractivity contribution in [1.29, 1.82) is 0 Å². The highest BCUT2D eigenvalue weighted by molar-refractivity contribution is 14.0. The van der Waals surface area contributed by atoms with E-state index in [1.165, 1.54) is 36.4 Å². The average molecular weight is 446 g/mol. The van der Waals surface area contributed by atoms with E-state index in [4.69, 9.17) is 4.98 Å². The molecule has 23 heavy (non-hydrogen) atoms. The van der Waals surface area contributed by atoms with Crippen LogP contribution in [0.15, 0.2) is 17.1 Å². The number of fused-ring (bicyclic) bond motifs is 1. The summed E-state index contributed by atoms with van der Waals surface area (Å²) in [5.41, 5.74) is 1.38. The van der Waals surface area contributed by atoms with Crippen LogP contribution in [0.2, 0.25) is 0 Å². The molecule has 2 aliphatic carbocycles. The fourth-order valence-corrected chi connectivity index (χ4v) is 4.28. The van der Waals surface area contributed by atoms with Crippen LogP contribution in [0.5, 0.6) is 0 Å². The lowest BCUT2D eigenvalue weighted by Gasteiger charge is -2.16. The van der Waals surface area contributed by atoms with E-state index in [0.29, 0.717) is 6.04 Å². The Labute approximate surface area is 160 Å². The Kier molecular flexibility index (Phi) is 7.82. The zero-order valence-corrected chi connectivity index (χ0v) is 17.0. The molecule has 0 unspecified atom stereocenters. The zero-order valence-electron chi connectivity index (χ0n) is 13.8. The Balaban J connectivity index is 0.00000192. The molecule has 6 heteroatoms. The number of aliphatic imine (C=N–C) groups is 1. The Bertz CT molecular complexity index is 521. The molecule has 0 radical (unpaired) electrons. The van der Waals surface area contributed by atoms with Gasteiger partial charge in [0.25, 0.3) is 0 Å². The lowest BCUT2D eigenvalue weighted by molar-refractivity contribution is 0.628. The van der Waals surface area contributed by atoms with Crippen molar-refractivity contribution in [2.75, 3.05) is 13.6 Å². The number of thiazole rings is 1. The van der Waals surface area contributed by atoms with Gasteiger partial charge >= 0.3 is 0 Å². The smallest absolute Gasteiger partial charge is 0.191 e. The van der Waals surface area contributed by atoms with Crippen molar-refractivity contribution in [3.63, 3.8) is 0 Å². The molecule has 0 amide bonds. The van der Waals surface area contributed by atoms with Gasteiger partial charge < -0.3 is 10.6 Å². The van der Waals surface area contributed by atoms with Gasteiger partial charge in [0.2, 0.25) is 0 Å². The predicted octanol–water partition coefficient (Wildman–Crippen LogP) is 3.46. The number of halogens is 1. The standard InChI is InChI=1S/C17H26N4S.HI/c1-18-17(20-13-7-2-3-8-13)19-12-6-11-16-21-14-9-4-5-10-15(14)22-16;/h2-3,13H,4-12H2,1H3,(H2,18,19,20);1H. The second-order valence-corrected chi connectivity index (χ2v) is 7.24. The molecule has 0 bridgehead atoms. The van der Waals surface area contributed by atoms with E-state index < -0.39 is 0 Å². The fourth-order valence-electron chi connectivity index (χ4n) is 3.08. The van der Waals surface area contributed by atoms with E-state index in [9.17, 15) is 0 Å². The summed E-state index contributed by atoms with van der Waals surface area (Å²) in [6.45, 7) is 0.948. The first-order valence-electron chi connectivity index (χ1n) is 8.45. The minimum Gasteiger partial charge on any atom is -0.356 e. The number of hydrogen-bond acceptors (Lipinski definition) is 3. The summed E-state index contributed by atoms with van der Waals surface area (Å²) in [5.74, 6) is 0.923. The molecule has 0 aliphatic heterocycles. The van der Waals surface area contributed by atoms with Gasteiger partial charge in [-0.05, 0) is 44.9 Å². The van der Waals surface area contributed by atoms with E-state index in [-0.39, 0.29) is 24.0 Å². The van der Waals surface area contributed by atoms with Crippen LogP contribution >= 0.6 is 35.3 Å². The quantitative estimate of drug-likeness (QED) is 0.240. The Morgan fingerprint density at radius 2 is 2.09 bits per heavy atom. The maximum absolute atomic E-state index is 4.81. The average Bonchev–Trinajstić information content (AvgIpc) is 3.19. The molecule has 1 aromatic rings. The summed E-state index contributed by atoms with van der Waals surface area (Å²) in [6.07, 6.45) is 13.9. The van der Waals surface area contributed by atoms with Crippen molar-refractivity contribution in [3.05, 3.63) is 27.7 Å². The van der Waals surface area contributed by atoms with E-state index in [2.05, 4.69) is 27.8 Å². The second kappa shape index (κ2) is 9.61. The molecule has 2 N–H and O–H groups in total. The maximum Gasteiger partial charge on any atom is 0.191 e. The highest BCUT2D eigenvalue weighted by Gasteiger charge is 2.15. The van der Waals surface area contributed by atoms with Crippen LogP contribution in [0.4, 0.5) is 0 Å². The molecule has 0 atom stereocenters. The van der Waals surface area contributed by atoms with Gasteiger partial charge in [0.05, 0.1) is 10.7 Å². The van der Waals surface area contributed by atoms with Gasteiger partial charge in [-0.1, -0.05) is 12.2 Å². The third kappa shape index (κ3) is 5.45.